The zero-order chi connectivity index (χ0) is 22.5. The summed E-state index contributed by atoms with van der Waals surface area (Å²) in [6, 6.07) is 7.59. The molecule has 174 valence electrons. The lowest BCUT2D eigenvalue weighted by Crippen LogP contribution is -2.43. The number of rotatable bonds is 9. The van der Waals surface area contributed by atoms with Crippen molar-refractivity contribution in [2.75, 3.05) is 26.7 Å². The largest absolute Gasteiger partial charge is 0.497 e. The van der Waals surface area contributed by atoms with E-state index in [0.29, 0.717) is 12.3 Å². The van der Waals surface area contributed by atoms with Gasteiger partial charge in [0.2, 0.25) is 0 Å². The topological polar surface area (TPSA) is 82.9 Å². The lowest BCUT2D eigenvalue weighted by Gasteiger charge is -2.39. The highest BCUT2D eigenvalue weighted by Crippen LogP contribution is 2.36. The molecule has 1 aliphatic carbocycles. The smallest absolute Gasteiger partial charge is 0.303 e. The lowest BCUT2D eigenvalue weighted by molar-refractivity contribution is -0.139. The first-order valence-corrected chi connectivity index (χ1v) is 12.1. The van der Waals surface area contributed by atoms with Gasteiger partial charge in [0.25, 0.3) is 0 Å². The quantitative estimate of drug-likeness (QED) is 0.590. The van der Waals surface area contributed by atoms with Crippen molar-refractivity contribution in [1.82, 2.24) is 9.88 Å². The van der Waals surface area contributed by atoms with Crippen LogP contribution in [0, 0.1) is 17.8 Å². The molecule has 1 saturated heterocycles. The molecule has 0 bridgehead atoms. The van der Waals surface area contributed by atoms with Crippen LogP contribution in [0.3, 0.4) is 0 Å². The number of likely N-dealkylation sites (tertiary alicyclic amines) is 1. The van der Waals surface area contributed by atoms with Crippen LogP contribution in [0.5, 0.6) is 5.75 Å². The third kappa shape index (κ3) is 5.59. The minimum absolute atomic E-state index is 0.157. The summed E-state index contributed by atoms with van der Waals surface area (Å²) < 4.78 is 5.35. The van der Waals surface area contributed by atoms with Gasteiger partial charge in [-0.15, -0.1) is 0 Å². The number of benzene rings is 1. The lowest BCUT2D eigenvalue weighted by atomic mass is 9.79. The molecule has 2 heterocycles. The molecule has 6 heteroatoms. The maximum atomic E-state index is 11.5. The number of hydrogen-bond donors (Lipinski definition) is 2. The monoisotopic (exact) mass is 440 g/mol. The Morgan fingerprint density at radius 3 is 2.78 bits per heavy atom. The molecule has 6 nitrogen and oxygen atoms in total. The molecule has 0 spiro atoms. The summed E-state index contributed by atoms with van der Waals surface area (Å²) in [6.07, 6.45) is 9.15. The highest BCUT2D eigenvalue weighted by atomic mass is 16.5. The normalized spacial score (nSPS) is 23.4. The average molecular weight is 441 g/mol. The maximum Gasteiger partial charge on any atom is 0.303 e. The second-order valence-electron chi connectivity index (χ2n) is 9.69. The van der Waals surface area contributed by atoms with E-state index in [1.807, 2.05) is 24.3 Å². The van der Waals surface area contributed by atoms with Crippen LogP contribution in [0.2, 0.25) is 0 Å². The van der Waals surface area contributed by atoms with Crippen molar-refractivity contribution in [3.8, 4) is 5.75 Å². The zero-order valence-corrected chi connectivity index (χ0v) is 19.1. The van der Waals surface area contributed by atoms with Crippen LogP contribution in [0.4, 0.5) is 0 Å². The Kier molecular flexibility index (Phi) is 7.63. The number of aliphatic hydroxyl groups excluding tert-OH is 1. The molecule has 32 heavy (non-hydrogen) atoms. The number of carbonyl (C=O) groups is 1. The molecule has 2 aromatic rings. The first kappa shape index (κ1) is 23.0. The number of carboxylic acids is 1. The molecule has 2 N–H and O–H groups in total. The molecule has 3 atom stereocenters. The Morgan fingerprint density at radius 2 is 2.03 bits per heavy atom. The average Bonchev–Trinajstić information content (AvgIpc) is 3.30. The third-order valence-corrected chi connectivity index (χ3v) is 7.56. The summed E-state index contributed by atoms with van der Waals surface area (Å²) in [5, 5.41) is 21.4. The third-order valence-electron chi connectivity index (χ3n) is 7.56. The van der Waals surface area contributed by atoms with E-state index in [9.17, 15) is 15.0 Å². The van der Waals surface area contributed by atoms with Gasteiger partial charge >= 0.3 is 5.97 Å². The van der Waals surface area contributed by atoms with Crippen LogP contribution >= 0.6 is 0 Å². The number of aliphatic hydroxyl groups is 1. The Hall–Kier alpha value is -2.18. The van der Waals surface area contributed by atoms with Crippen molar-refractivity contribution >= 4 is 16.9 Å². The van der Waals surface area contributed by atoms with Gasteiger partial charge in [-0.1, -0.05) is 12.8 Å². The van der Waals surface area contributed by atoms with E-state index in [4.69, 9.17) is 4.74 Å². The van der Waals surface area contributed by atoms with Crippen molar-refractivity contribution in [2.24, 2.45) is 17.8 Å². The number of carboxylic acid groups (broad SMARTS) is 1. The van der Waals surface area contributed by atoms with Crippen molar-refractivity contribution < 1.29 is 19.7 Å². The van der Waals surface area contributed by atoms with Gasteiger partial charge in [0.05, 0.1) is 18.7 Å². The number of piperidine rings is 1. The fourth-order valence-corrected chi connectivity index (χ4v) is 5.81. The summed E-state index contributed by atoms with van der Waals surface area (Å²) in [6.45, 7) is 3.04. The standard InChI is InChI=1S/C26H36N2O4/c1-32-21-7-8-24-23(15-21)22(10-12-27-24)25(29)9-6-19-11-13-28(16-18-4-2-3-5-18)17-20(19)14-26(30)31/h7-8,10,12,15,18-20,25,29H,2-6,9,11,13-14,16-17H2,1H3,(H,30,31)/t19-,20+,25?/m1/s1. The van der Waals surface area contributed by atoms with Gasteiger partial charge in [0, 0.05) is 31.1 Å². The van der Waals surface area contributed by atoms with Crippen molar-refractivity contribution in [3.05, 3.63) is 36.0 Å². The van der Waals surface area contributed by atoms with E-state index in [2.05, 4.69) is 9.88 Å². The van der Waals surface area contributed by atoms with Gasteiger partial charge in [-0.05, 0) is 86.2 Å². The van der Waals surface area contributed by atoms with Gasteiger partial charge in [-0.25, -0.2) is 0 Å². The zero-order valence-electron chi connectivity index (χ0n) is 19.1. The molecule has 0 radical (unpaired) electrons. The molecule has 1 aliphatic heterocycles. The number of methoxy groups -OCH3 is 1. The molecule has 1 saturated carbocycles. The summed E-state index contributed by atoms with van der Waals surface area (Å²) in [5.41, 5.74) is 1.70. The van der Waals surface area contributed by atoms with Crippen LogP contribution in [0.15, 0.2) is 30.5 Å². The Bertz CT molecular complexity index is 912. The molecule has 1 aromatic carbocycles. The molecule has 1 aromatic heterocycles. The number of hydrogen-bond acceptors (Lipinski definition) is 5. The molecule has 0 amide bonds. The van der Waals surface area contributed by atoms with Crippen LogP contribution in [-0.2, 0) is 4.79 Å². The van der Waals surface area contributed by atoms with Crippen LogP contribution in [-0.4, -0.2) is 52.8 Å². The number of pyridine rings is 1. The van der Waals surface area contributed by atoms with E-state index in [1.54, 1.807) is 13.3 Å². The van der Waals surface area contributed by atoms with Gasteiger partial charge in [0.1, 0.15) is 5.75 Å². The summed E-state index contributed by atoms with van der Waals surface area (Å²) in [5.74, 6) is 1.31. The van der Waals surface area contributed by atoms with Crippen LogP contribution in [0.1, 0.15) is 63.0 Å². The van der Waals surface area contributed by atoms with E-state index in [0.717, 1.165) is 60.6 Å². The predicted octanol–water partition coefficient (Wildman–Crippen LogP) is 4.66. The number of nitrogens with zero attached hydrogens (tertiary/aromatic N) is 2. The summed E-state index contributed by atoms with van der Waals surface area (Å²) in [7, 11) is 1.63. The SMILES string of the molecule is COc1ccc2nccc(C(O)CC[C@@H]3CCN(CC4CCCC4)C[C@@H]3CC(=O)O)c2c1. The van der Waals surface area contributed by atoms with Gasteiger partial charge < -0.3 is 19.8 Å². The first-order chi connectivity index (χ1) is 15.5. The minimum Gasteiger partial charge on any atom is -0.497 e. The molecular formula is C26H36N2O4. The second-order valence-corrected chi connectivity index (χ2v) is 9.69. The van der Waals surface area contributed by atoms with Gasteiger partial charge in [0.15, 0.2) is 0 Å². The molecule has 2 aliphatic rings. The van der Waals surface area contributed by atoms with Crippen LogP contribution in [0.25, 0.3) is 10.9 Å². The van der Waals surface area contributed by atoms with E-state index in [1.165, 1.54) is 25.7 Å². The fraction of sp³-hybridized carbons (Fsp3) is 0.615. The van der Waals surface area contributed by atoms with Gasteiger partial charge in [-0.2, -0.15) is 0 Å². The van der Waals surface area contributed by atoms with Crippen molar-refractivity contribution in [3.63, 3.8) is 0 Å². The van der Waals surface area contributed by atoms with Crippen molar-refractivity contribution in [2.45, 2.75) is 57.5 Å². The van der Waals surface area contributed by atoms with Crippen LogP contribution < -0.4 is 4.74 Å². The molecule has 2 fully saturated rings. The maximum absolute atomic E-state index is 11.5. The highest BCUT2D eigenvalue weighted by Gasteiger charge is 2.32. The summed E-state index contributed by atoms with van der Waals surface area (Å²) >= 11 is 0. The number of aliphatic carboxylic acids is 1. The van der Waals surface area contributed by atoms with E-state index < -0.39 is 12.1 Å². The Morgan fingerprint density at radius 1 is 1.22 bits per heavy atom. The first-order valence-electron chi connectivity index (χ1n) is 12.1. The summed E-state index contributed by atoms with van der Waals surface area (Å²) in [4.78, 5) is 18.5. The second kappa shape index (κ2) is 10.6. The molecule has 1 unspecified atom stereocenters. The number of ether oxygens (including phenoxy) is 1. The van der Waals surface area contributed by atoms with Gasteiger partial charge in [-0.3, -0.25) is 9.78 Å². The molecular weight excluding hydrogens is 404 g/mol. The predicted molar refractivity (Wildman–Crippen MR) is 125 cm³/mol. The number of aromatic nitrogens is 1. The Labute approximate surface area is 190 Å². The van der Waals surface area contributed by atoms with E-state index >= 15 is 0 Å². The highest BCUT2D eigenvalue weighted by molar-refractivity contribution is 5.83. The fourth-order valence-electron chi connectivity index (χ4n) is 5.81. The van der Waals surface area contributed by atoms with E-state index in [-0.39, 0.29) is 12.3 Å². The number of fused-ring (bicyclic) bond motifs is 1. The minimum atomic E-state index is -0.713. The Balaban J connectivity index is 1.40. The molecule has 4 rings (SSSR count). The van der Waals surface area contributed by atoms with Crippen molar-refractivity contribution in [1.29, 1.82) is 0 Å².